The summed E-state index contributed by atoms with van der Waals surface area (Å²) in [5.41, 5.74) is 2.25. The molecule has 0 aliphatic heterocycles. The quantitative estimate of drug-likeness (QED) is 0.647. The fourth-order valence-corrected chi connectivity index (χ4v) is 3.60. The van der Waals surface area contributed by atoms with Crippen LogP contribution in [0.25, 0.3) is 10.2 Å². The number of hydrogen-bond acceptors (Lipinski definition) is 4. The van der Waals surface area contributed by atoms with E-state index in [1.54, 1.807) is 11.3 Å². The number of para-hydroxylation sites is 1. The molecule has 21 heavy (non-hydrogen) atoms. The van der Waals surface area contributed by atoms with Gasteiger partial charge in [-0.25, -0.2) is 9.97 Å². The lowest BCUT2D eigenvalue weighted by molar-refractivity contribution is 0.294. The van der Waals surface area contributed by atoms with E-state index in [-0.39, 0.29) is 0 Å². The molecule has 108 valence electrons. The van der Waals surface area contributed by atoms with Gasteiger partial charge in [0.1, 0.15) is 22.3 Å². The third-order valence-corrected chi connectivity index (χ3v) is 4.86. The molecule has 0 amide bonds. The Morgan fingerprint density at radius 1 is 1.14 bits per heavy atom. The summed E-state index contributed by atoms with van der Waals surface area (Å²) in [5, 5.41) is 1.46. The van der Waals surface area contributed by atoms with Crippen LogP contribution in [0.1, 0.15) is 21.8 Å². The molecule has 5 heteroatoms. The van der Waals surface area contributed by atoms with Crippen LogP contribution in [0, 0.1) is 20.8 Å². The molecular formula is C16H15ClN2OS. The fraction of sp³-hybridized carbons (Fsp3) is 0.250. The Kier molecular flexibility index (Phi) is 3.83. The van der Waals surface area contributed by atoms with E-state index in [0.717, 1.165) is 27.1 Å². The third kappa shape index (κ3) is 2.74. The molecule has 0 aliphatic rings. The van der Waals surface area contributed by atoms with Crippen LogP contribution in [0.2, 0.25) is 5.15 Å². The zero-order valence-electron chi connectivity index (χ0n) is 12.1. The Balaban J connectivity index is 1.90. The molecule has 3 rings (SSSR count). The number of aryl methyl sites for hydroxylation is 3. The minimum atomic E-state index is 0.316. The first-order chi connectivity index (χ1) is 10.1. The van der Waals surface area contributed by atoms with Crippen LogP contribution in [-0.4, -0.2) is 9.97 Å². The van der Waals surface area contributed by atoms with Gasteiger partial charge in [-0.1, -0.05) is 29.8 Å². The number of hydrogen-bond donors (Lipinski definition) is 0. The minimum absolute atomic E-state index is 0.316. The van der Waals surface area contributed by atoms with Crippen LogP contribution >= 0.6 is 22.9 Å². The Morgan fingerprint density at radius 2 is 1.90 bits per heavy atom. The molecule has 0 spiro atoms. The zero-order valence-corrected chi connectivity index (χ0v) is 13.7. The van der Waals surface area contributed by atoms with Gasteiger partial charge in [-0.2, -0.15) is 0 Å². The monoisotopic (exact) mass is 318 g/mol. The van der Waals surface area contributed by atoms with Gasteiger partial charge in [-0.05, 0) is 38.0 Å². The van der Waals surface area contributed by atoms with Gasteiger partial charge in [-0.3, -0.25) is 0 Å². The first-order valence-corrected chi connectivity index (χ1v) is 7.86. The van der Waals surface area contributed by atoms with Crippen molar-refractivity contribution in [2.24, 2.45) is 0 Å². The predicted molar refractivity (Wildman–Crippen MR) is 87.4 cm³/mol. The van der Waals surface area contributed by atoms with Crippen LogP contribution in [0.4, 0.5) is 0 Å². The number of aromatic nitrogens is 2. The number of benzene rings is 1. The van der Waals surface area contributed by atoms with E-state index in [1.165, 1.54) is 4.88 Å². The van der Waals surface area contributed by atoms with Crippen LogP contribution in [-0.2, 0) is 6.61 Å². The molecule has 0 saturated heterocycles. The third-order valence-electron chi connectivity index (χ3n) is 3.48. The molecule has 0 saturated carbocycles. The van der Waals surface area contributed by atoms with Gasteiger partial charge in [0.15, 0.2) is 5.82 Å². The van der Waals surface area contributed by atoms with Crippen molar-refractivity contribution in [1.82, 2.24) is 9.97 Å². The van der Waals surface area contributed by atoms with Gasteiger partial charge in [-0.15, -0.1) is 11.3 Å². The maximum atomic E-state index is 6.29. The van der Waals surface area contributed by atoms with E-state index < -0.39 is 0 Å². The highest BCUT2D eigenvalue weighted by molar-refractivity contribution is 7.18. The molecule has 2 aromatic heterocycles. The standard InChI is InChI=1S/C16H15ClN2OS/c1-9-6-4-5-7-12(9)20-8-13-18-15(17)14-10(2)11(3)21-16(14)19-13/h4-7H,8H2,1-3H3. The number of fused-ring (bicyclic) bond motifs is 1. The van der Waals surface area contributed by atoms with Gasteiger partial charge in [0, 0.05) is 4.88 Å². The highest BCUT2D eigenvalue weighted by atomic mass is 35.5. The van der Waals surface area contributed by atoms with E-state index >= 15 is 0 Å². The molecule has 0 fully saturated rings. The van der Waals surface area contributed by atoms with E-state index in [9.17, 15) is 0 Å². The van der Waals surface area contributed by atoms with Gasteiger partial charge in [0.05, 0.1) is 5.39 Å². The average Bonchev–Trinajstić information content (AvgIpc) is 2.73. The van der Waals surface area contributed by atoms with E-state index in [0.29, 0.717) is 17.6 Å². The second-order valence-corrected chi connectivity index (χ2v) is 6.51. The van der Waals surface area contributed by atoms with E-state index in [4.69, 9.17) is 16.3 Å². The summed E-state index contributed by atoms with van der Waals surface area (Å²) in [7, 11) is 0. The minimum Gasteiger partial charge on any atom is -0.485 e. The molecule has 2 heterocycles. The molecule has 0 bridgehead atoms. The van der Waals surface area contributed by atoms with Crippen molar-refractivity contribution in [3.05, 3.63) is 51.2 Å². The van der Waals surface area contributed by atoms with Crippen LogP contribution in [0.3, 0.4) is 0 Å². The maximum Gasteiger partial charge on any atom is 0.169 e. The van der Waals surface area contributed by atoms with Crippen LogP contribution < -0.4 is 4.74 Å². The van der Waals surface area contributed by atoms with E-state index in [2.05, 4.69) is 16.9 Å². The Labute approximate surface area is 132 Å². The molecule has 3 aromatic rings. The second-order valence-electron chi connectivity index (χ2n) is 4.95. The van der Waals surface area contributed by atoms with Crippen LogP contribution in [0.5, 0.6) is 5.75 Å². The molecule has 0 atom stereocenters. The Morgan fingerprint density at radius 3 is 2.67 bits per heavy atom. The summed E-state index contributed by atoms with van der Waals surface area (Å²) < 4.78 is 5.78. The highest BCUT2D eigenvalue weighted by Gasteiger charge is 2.13. The molecule has 3 nitrogen and oxygen atoms in total. The van der Waals surface area contributed by atoms with Gasteiger partial charge in [0.25, 0.3) is 0 Å². The molecular weight excluding hydrogens is 304 g/mol. The number of thiophene rings is 1. The van der Waals surface area contributed by atoms with Gasteiger partial charge < -0.3 is 4.74 Å². The number of rotatable bonds is 3. The number of halogens is 1. The average molecular weight is 319 g/mol. The molecule has 0 N–H and O–H groups in total. The number of ether oxygens (including phenoxy) is 1. The normalized spacial score (nSPS) is 11.0. The molecule has 0 radical (unpaired) electrons. The van der Waals surface area contributed by atoms with Crippen molar-refractivity contribution >= 4 is 33.2 Å². The lowest BCUT2D eigenvalue weighted by Gasteiger charge is -2.08. The molecule has 0 unspecified atom stereocenters. The lowest BCUT2D eigenvalue weighted by atomic mass is 10.2. The van der Waals surface area contributed by atoms with Crippen molar-refractivity contribution in [2.45, 2.75) is 27.4 Å². The lowest BCUT2D eigenvalue weighted by Crippen LogP contribution is -2.02. The van der Waals surface area contributed by atoms with E-state index in [1.807, 2.05) is 38.1 Å². The van der Waals surface area contributed by atoms with Gasteiger partial charge >= 0.3 is 0 Å². The van der Waals surface area contributed by atoms with Gasteiger partial charge in [0.2, 0.25) is 0 Å². The predicted octanol–water partition coefficient (Wildman–Crippen LogP) is 4.85. The largest absolute Gasteiger partial charge is 0.485 e. The SMILES string of the molecule is Cc1ccccc1OCc1nc(Cl)c2c(C)c(C)sc2n1. The van der Waals surface area contributed by atoms with Crippen molar-refractivity contribution in [2.75, 3.05) is 0 Å². The molecule has 1 aromatic carbocycles. The first-order valence-electron chi connectivity index (χ1n) is 6.67. The Bertz CT molecular complexity index is 813. The second kappa shape index (κ2) is 5.62. The van der Waals surface area contributed by atoms with Crippen molar-refractivity contribution in [3.8, 4) is 5.75 Å². The number of nitrogens with zero attached hydrogens (tertiary/aromatic N) is 2. The Hall–Kier alpha value is -1.65. The first kappa shape index (κ1) is 14.3. The maximum absolute atomic E-state index is 6.29. The summed E-state index contributed by atoms with van der Waals surface area (Å²) in [6.45, 7) is 6.45. The van der Waals surface area contributed by atoms with Crippen molar-refractivity contribution < 1.29 is 4.74 Å². The van der Waals surface area contributed by atoms with Crippen LogP contribution in [0.15, 0.2) is 24.3 Å². The fourth-order valence-electron chi connectivity index (χ4n) is 2.17. The van der Waals surface area contributed by atoms with Crippen molar-refractivity contribution in [1.29, 1.82) is 0 Å². The summed E-state index contributed by atoms with van der Waals surface area (Å²) in [4.78, 5) is 11.1. The highest BCUT2D eigenvalue weighted by Crippen LogP contribution is 2.33. The summed E-state index contributed by atoms with van der Waals surface area (Å²) in [6, 6.07) is 7.89. The topological polar surface area (TPSA) is 35.0 Å². The summed E-state index contributed by atoms with van der Waals surface area (Å²) in [6.07, 6.45) is 0. The molecule has 0 aliphatic carbocycles. The zero-order chi connectivity index (χ0) is 15.0. The smallest absolute Gasteiger partial charge is 0.169 e. The van der Waals surface area contributed by atoms with Crippen molar-refractivity contribution in [3.63, 3.8) is 0 Å². The summed E-state index contributed by atoms with van der Waals surface area (Å²) in [5.74, 6) is 1.45. The summed E-state index contributed by atoms with van der Waals surface area (Å²) >= 11 is 7.93.